The zero-order valence-electron chi connectivity index (χ0n) is 11.0. The van der Waals surface area contributed by atoms with Crippen LogP contribution >= 0.6 is 15.9 Å². The van der Waals surface area contributed by atoms with Crippen molar-refractivity contribution < 1.29 is 9.18 Å². The molecule has 0 radical (unpaired) electrons. The predicted molar refractivity (Wildman–Crippen MR) is 76.7 cm³/mol. The summed E-state index contributed by atoms with van der Waals surface area (Å²) in [6.07, 6.45) is 3.17. The molecule has 0 saturated carbocycles. The van der Waals surface area contributed by atoms with Crippen LogP contribution in [0.2, 0.25) is 0 Å². The van der Waals surface area contributed by atoms with Gasteiger partial charge in [-0.3, -0.25) is 4.79 Å². The quantitative estimate of drug-likeness (QED) is 0.925. The van der Waals surface area contributed by atoms with E-state index in [2.05, 4.69) is 21.2 Å². The van der Waals surface area contributed by atoms with E-state index in [1.165, 1.54) is 6.07 Å². The summed E-state index contributed by atoms with van der Waals surface area (Å²) in [5.41, 5.74) is 0.420. The fraction of sp³-hybridized carbons (Fsp3) is 0.500. The van der Waals surface area contributed by atoms with Crippen molar-refractivity contribution in [1.29, 1.82) is 0 Å². The molecule has 5 heteroatoms. The van der Waals surface area contributed by atoms with Gasteiger partial charge in [0, 0.05) is 24.7 Å². The summed E-state index contributed by atoms with van der Waals surface area (Å²) in [6.45, 7) is 1.54. The molecule has 1 fully saturated rings. The van der Waals surface area contributed by atoms with Crippen molar-refractivity contribution in [2.45, 2.75) is 25.3 Å². The minimum atomic E-state index is -0.395. The zero-order chi connectivity index (χ0) is 13.8. The topological polar surface area (TPSA) is 32.3 Å². The highest BCUT2D eigenvalue weighted by Gasteiger charge is 2.27. The Labute approximate surface area is 121 Å². The van der Waals surface area contributed by atoms with Crippen LogP contribution in [0.25, 0.3) is 0 Å². The minimum Gasteiger partial charge on any atom is -0.334 e. The Morgan fingerprint density at radius 1 is 1.53 bits per heavy atom. The van der Waals surface area contributed by atoms with Crippen molar-refractivity contribution in [2.75, 3.05) is 20.1 Å². The van der Waals surface area contributed by atoms with Gasteiger partial charge in [0.2, 0.25) is 0 Å². The van der Waals surface area contributed by atoms with Gasteiger partial charge in [0.1, 0.15) is 5.82 Å². The van der Waals surface area contributed by atoms with Crippen molar-refractivity contribution in [3.8, 4) is 0 Å². The number of halogens is 2. The molecule has 1 heterocycles. The van der Waals surface area contributed by atoms with E-state index in [0.29, 0.717) is 10.0 Å². The molecule has 1 aromatic carbocycles. The lowest BCUT2D eigenvalue weighted by molar-refractivity contribution is 0.0614. The first-order valence-electron chi connectivity index (χ1n) is 6.54. The van der Waals surface area contributed by atoms with E-state index in [4.69, 9.17) is 0 Å². The van der Waals surface area contributed by atoms with Crippen LogP contribution in [0.5, 0.6) is 0 Å². The van der Waals surface area contributed by atoms with Crippen molar-refractivity contribution in [2.24, 2.45) is 0 Å². The summed E-state index contributed by atoms with van der Waals surface area (Å²) in [7, 11) is 1.89. The maximum atomic E-state index is 13.5. The number of carbonyl (C=O) groups is 1. The molecular formula is C14H18BrFN2O. The van der Waals surface area contributed by atoms with Crippen molar-refractivity contribution in [1.82, 2.24) is 10.2 Å². The highest BCUT2D eigenvalue weighted by molar-refractivity contribution is 9.10. The van der Waals surface area contributed by atoms with Crippen LogP contribution in [0.15, 0.2) is 22.7 Å². The van der Waals surface area contributed by atoms with Gasteiger partial charge in [0.15, 0.2) is 0 Å². The Bertz CT molecular complexity index is 465. The van der Waals surface area contributed by atoms with Crippen LogP contribution in [-0.2, 0) is 0 Å². The number of rotatable bonds is 3. The molecule has 2 rings (SSSR count). The predicted octanol–water partition coefficient (Wildman–Crippen LogP) is 2.80. The second-order valence-corrected chi connectivity index (χ2v) is 5.69. The summed E-state index contributed by atoms with van der Waals surface area (Å²) in [4.78, 5) is 14.3. The molecule has 104 valence electrons. The van der Waals surface area contributed by atoms with E-state index < -0.39 is 5.82 Å². The number of piperidine rings is 1. The van der Waals surface area contributed by atoms with Gasteiger partial charge >= 0.3 is 0 Å². The fourth-order valence-electron chi connectivity index (χ4n) is 2.51. The molecule has 3 nitrogen and oxygen atoms in total. The van der Waals surface area contributed by atoms with Crippen LogP contribution in [0.1, 0.15) is 29.6 Å². The van der Waals surface area contributed by atoms with Crippen LogP contribution in [0, 0.1) is 5.82 Å². The van der Waals surface area contributed by atoms with Gasteiger partial charge in [-0.2, -0.15) is 0 Å². The molecule has 19 heavy (non-hydrogen) atoms. The highest BCUT2D eigenvalue weighted by atomic mass is 79.9. The van der Waals surface area contributed by atoms with E-state index in [-0.39, 0.29) is 11.9 Å². The lowest BCUT2D eigenvalue weighted by Crippen LogP contribution is -2.48. The first kappa shape index (κ1) is 14.5. The van der Waals surface area contributed by atoms with Gasteiger partial charge in [0.05, 0.1) is 4.47 Å². The molecule has 0 aliphatic carbocycles. The zero-order valence-corrected chi connectivity index (χ0v) is 12.5. The molecule has 1 atom stereocenters. The summed E-state index contributed by atoms with van der Waals surface area (Å²) in [6, 6.07) is 4.76. The van der Waals surface area contributed by atoms with E-state index in [9.17, 15) is 9.18 Å². The van der Waals surface area contributed by atoms with Gasteiger partial charge in [-0.05, 0) is 60.4 Å². The number of benzene rings is 1. The average molecular weight is 329 g/mol. The monoisotopic (exact) mass is 328 g/mol. The lowest BCUT2D eigenvalue weighted by Gasteiger charge is -2.35. The molecule has 0 spiro atoms. The third kappa shape index (κ3) is 3.34. The summed E-state index contributed by atoms with van der Waals surface area (Å²) >= 11 is 3.10. The summed E-state index contributed by atoms with van der Waals surface area (Å²) < 4.78 is 13.9. The normalized spacial score (nSPS) is 19.5. The second-order valence-electron chi connectivity index (χ2n) is 4.83. The van der Waals surface area contributed by atoms with Crippen LogP contribution in [0.4, 0.5) is 4.39 Å². The number of likely N-dealkylation sites (tertiary alicyclic amines) is 1. The number of nitrogens with zero attached hydrogens (tertiary/aromatic N) is 1. The van der Waals surface area contributed by atoms with Gasteiger partial charge in [0.25, 0.3) is 5.91 Å². The van der Waals surface area contributed by atoms with E-state index in [1.807, 2.05) is 11.9 Å². The molecule has 1 aliphatic rings. The molecule has 1 N–H and O–H groups in total. The standard InChI is InChI=1S/C14H18BrFN2O/c1-17-9-11-4-2-3-7-18(11)14(19)10-5-6-12(15)13(16)8-10/h5-6,8,11,17H,2-4,7,9H2,1H3. The first-order valence-corrected chi connectivity index (χ1v) is 7.33. The SMILES string of the molecule is CNCC1CCCCN1C(=O)c1ccc(Br)c(F)c1. The van der Waals surface area contributed by atoms with Crippen LogP contribution < -0.4 is 5.32 Å². The smallest absolute Gasteiger partial charge is 0.254 e. The van der Waals surface area contributed by atoms with E-state index in [0.717, 1.165) is 32.4 Å². The maximum Gasteiger partial charge on any atom is 0.254 e. The van der Waals surface area contributed by atoms with Crippen molar-refractivity contribution >= 4 is 21.8 Å². The molecule has 1 aliphatic heterocycles. The molecule has 0 bridgehead atoms. The number of hydrogen-bond donors (Lipinski definition) is 1. The van der Waals surface area contributed by atoms with Gasteiger partial charge in [-0.1, -0.05) is 0 Å². The number of likely N-dealkylation sites (N-methyl/N-ethyl adjacent to an activating group) is 1. The second kappa shape index (κ2) is 6.48. The third-order valence-electron chi connectivity index (χ3n) is 3.49. The molecule has 1 aromatic rings. The van der Waals surface area contributed by atoms with Gasteiger partial charge in [-0.25, -0.2) is 4.39 Å². The minimum absolute atomic E-state index is 0.0775. The number of amides is 1. The van der Waals surface area contributed by atoms with Crippen molar-refractivity contribution in [3.63, 3.8) is 0 Å². The van der Waals surface area contributed by atoms with Crippen molar-refractivity contribution in [3.05, 3.63) is 34.1 Å². The molecule has 1 amide bonds. The Hall–Kier alpha value is -0.940. The number of nitrogens with one attached hydrogen (secondary N) is 1. The third-order valence-corrected chi connectivity index (χ3v) is 4.14. The largest absolute Gasteiger partial charge is 0.334 e. The molecule has 1 unspecified atom stereocenters. The van der Waals surface area contributed by atoms with E-state index in [1.54, 1.807) is 12.1 Å². The average Bonchev–Trinajstić information content (AvgIpc) is 2.42. The van der Waals surface area contributed by atoms with Crippen LogP contribution in [0.3, 0.4) is 0 Å². The lowest BCUT2D eigenvalue weighted by atomic mass is 10.0. The van der Waals surface area contributed by atoms with Crippen LogP contribution in [-0.4, -0.2) is 37.0 Å². The molecular weight excluding hydrogens is 311 g/mol. The van der Waals surface area contributed by atoms with Gasteiger partial charge < -0.3 is 10.2 Å². The maximum absolute atomic E-state index is 13.5. The summed E-state index contributed by atoms with van der Waals surface area (Å²) in [5.74, 6) is -0.473. The summed E-state index contributed by atoms with van der Waals surface area (Å²) in [5, 5.41) is 3.12. The first-order chi connectivity index (χ1) is 9.13. The fourth-order valence-corrected chi connectivity index (χ4v) is 2.76. The van der Waals surface area contributed by atoms with E-state index >= 15 is 0 Å². The number of hydrogen-bond acceptors (Lipinski definition) is 2. The Morgan fingerprint density at radius 2 is 2.32 bits per heavy atom. The van der Waals surface area contributed by atoms with Gasteiger partial charge in [-0.15, -0.1) is 0 Å². The molecule has 1 saturated heterocycles. The Morgan fingerprint density at radius 3 is 3.00 bits per heavy atom. The number of carbonyl (C=O) groups excluding carboxylic acids is 1. The molecule has 0 aromatic heterocycles. The Kier molecular flexibility index (Phi) is 4.93. The highest BCUT2D eigenvalue weighted by Crippen LogP contribution is 2.22. The Balaban J connectivity index is 2.18.